The lowest BCUT2D eigenvalue weighted by Gasteiger charge is -2.17. The zero-order valence-electron chi connectivity index (χ0n) is 14.5. The Hall–Kier alpha value is -2.44. The molecule has 0 saturated carbocycles. The van der Waals surface area contributed by atoms with Gasteiger partial charge in [-0.05, 0) is 27.7 Å². The first-order valence-corrected chi connectivity index (χ1v) is 8.11. The van der Waals surface area contributed by atoms with Crippen LogP contribution in [0.15, 0.2) is 10.6 Å². The summed E-state index contributed by atoms with van der Waals surface area (Å²) in [6, 6.07) is 1.82. The summed E-state index contributed by atoms with van der Waals surface area (Å²) in [7, 11) is 0. The van der Waals surface area contributed by atoms with Crippen molar-refractivity contribution in [1.82, 2.24) is 20.0 Å². The second-order valence-corrected chi connectivity index (χ2v) is 6.24. The molecule has 128 valence electrons. The molecule has 1 atom stereocenters. The van der Waals surface area contributed by atoms with Crippen LogP contribution in [-0.4, -0.2) is 45.1 Å². The third kappa shape index (κ3) is 3.55. The predicted octanol–water partition coefficient (Wildman–Crippen LogP) is 1.92. The van der Waals surface area contributed by atoms with Crippen LogP contribution in [0, 0.1) is 27.7 Å². The van der Waals surface area contributed by atoms with Crippen molar-refractivity contribution in [3.05, 3.63) is 34.6 Å². The third-order valence-electron chi connectivity index (χ3n) is 4.24. The van der Waals surface area contributed by atoms with Crippen LogP contribution in [0.3, 0.4) is 0 Å². The van der Waals surface area contributed by atoms with E-state index in [0.29, 0.717) is 37.0 Å². The van der Waals surface area contributed by atoms with Crippen molar-refractivity contribution in [2.24, 2.45) is 0 Å². The summed E-state index contributed by atoms with van der Waals surface area (Å²) >= 11 is 0. The van der Waals surface area contributed by atoms with Gasteiger partial charge in [0.2, 0.25) is 11.8 Å². The van der Waals surface area contributed by atoms with Gasteiger partial charge >= 0.3 is 0 Å². The summed E-state index contributed by atoms with van der Waals surface area (Å²) < 4.78 is 11.0. The van der Waals surface area contributed by atoms with Crippen LogP contribution in [0.25, 0.3) is 0 Å². The van der Waals surface area contributed by atoms with Crippen molar-refractivity contribution >= 4 is 5.91 Å². The van der Waals surface area contributed by atoms with Gasteiger partial charge in [-0.15, -0.1) is 0 Å². The van der Waals surface area contributed by atoms with Gasteiger partial charge in [0.1, 0.15) is 17.7 Å². The lowest BCUT2D eigenvalue weighted by molar-refractivity contribution is -0.129. The van der Waals surface area contributed by atoms with Gasteiger partial charge in [0, 0.05) is 30.3 Å². The summed E-state index contributed by atoms with van der Waals surface area (Å²) in [6.07, 6.45) is 1.09. The molecule has 0 aromatic carbocycles. The highest BCUT2D eigenvalue weighted by molar-refractivity contribution is 5.79. The molecular weight excluding hydrogens is 308 g/mol. The highest BCUT2D eigenvalue weighted by atomic mass is 16.5. The van der Waals surface area contributed by atoms with Gasteiger partial charge < -0.3 is 14.2 Å². The van der Waals surface area contributed by atoms with Crippen LogP contribution >= 0.6 is 0 Å². The van der Waals surface area contributed by atoms with Crippen molar-refractivity contribution in [3.63, 3.8) is 0 Å². The van der Waals surface area contributed by atoms with E-state index in [1.54, 1.807) is 0 Å². The second kappa shape index (κ2) is 6.59. The highest BCUT2D eigenvalue weighted by Crippen LogP contribution is 2.20. The Morgan fingerprint density at radius 3 is 2.79 bits per heavy atom. The summed E-state index contributed by atoms with van der Waals surface area (Å²) in [4.78, 5) is 22.9. The summed E-state index contributed by atoms with van der Waals surface area (Å²) in [6.45, 7) is 8.71. The van der Waals surface area contributed by atoms with Crippen LogP contribution in [0.4, 0.5) is 0 Å². The molecule has 3 heterocycles. The molecule has 3 rings (SSSR count). The number of ether oxygens (including phenoxy) is 1. The fourth-order valence-corrected chi connectivity index (χ4v) is 2.98. The van der Waals surface area contributed by atoms with E-state index in [1.165, 1.54) is 0 Å². The van der Waals surface area contributed by atoms with Crippen LogP contribution in [-0.2, 0) is 11.2 Å². The first-order valence-electron chi connectivity index (χ1n) is 8.11. The minimum absolute atomic E-state index is 0.0349. The van der Waals surface area contributed by atoms with Crippen LogP contribution < -0.4 is 4.74 Å². The second-order valence-electron chi connectivity index (χ2n) is 6.24. The maximum Gasteiger partial charge on any atom is 0.227 e. The zero-order valence-corrected chi connectivity index (χ0v) is 14.5. The molecule has 0 aliphatic carbocycles. The Labute approximate surface area is 141 Å². The minimum Gasteiger partial charge on any atom is -0.472 e. The van der Waals surface area contributed by atoms with Gasteiger partial charge in [-0.25, -0.2) is 4.98 Å². The average molecular weight is 330 g/mol. The maximum atomic E-state index is 12.5. The monoisotopic (exact) mass is 330 g/mol. The number of hydrogen-bond donors (Lipinski definition) is 0. The average Bonchev–Trinajstić information content (AvgIpc) is 3.08. The SMILES string of the molecule is Cc1cc(OC2CCN(C(=O)Cc3c(C)noc3C)C2)nc(C)n1. The Morgan fingerprint density at radius 1 is 1.33 bits per heavy atom. The highest BCUT2D eigenvalue weighted by Gasteiger charge is 2.29. The number of nitrogens with zero attached hydrogens (tertiary/aromatic N) is 4. The van der Waals surface area contributed by atoms with E-state index in [0.717, 1.165) is 23.4 Å². The minimum atomic E-state index is -0.0349. The lowest BCUT2D eigenvalue weighted by atomic mass is 10.1. The molecule has 1 unspecified atom stereocenters. The first-order chi connectivity index (χ1) is 11.4. The molecule has 1 fully saturated rings. The van der Waals surface area contributed by atoms with E-state index in [2.05, 4.69) is 15.1 Å². The molecule has 24 heavy (non-hydrogen) atoms. The molecular formula is C17H22N4O3. The molecule has 7 nitrogen and oxygen atoms in total. The number of aromatic nitrogens is 3. The predicted molar refractivity (Wildman–Crippen MR) is 86.8 cm³/mol. The molecule has 1 aliphatic heterocycles. The molecule has 1 saturated heterocycles. The van der Waals surface area contributed by atoms with Crippen molar-refractivity contribution in [1.29, 1.82) is 0 Å². The lowest BCUT2D eigenvalue weighted by Crippen LogP contribution is -2.32. The zero-order chi connectivity index (χ0) is 17.3. The Bertz CT molecular complexity index is 717. The molecule has 0 bridgehead atoms. The normalized spacial score (nSPS) is 17.3. The van der Waals surface area contributed by atoms with Crippen LogP contribution in [0.1, 0.15) is 35.0 Å². The molecule has 1 amide bonds. The number of amides is 1. The van der Waals surface area contributed by atoms with Gasteiger partial charge in [-0.3, -0.25) is 4.79 Å². The van der Waals surface area contributed by atoms with Crippen molar-refractivity contribution in [2.75, 3.05) is 13.1 Å². The smallest absolute Gasteiger partial charge is 0.227 e. The topological polar surface area (TPSA) is 81.4 Å². The van der Waals surface area contributed by atoms with Crippen LogP contribution in [0.2, 0.25) is 0 Å². The standard InChI is InChI=1S/C17H22N4O3/c1-10-7-16(19-13(4)18-10)23-14-5-6-21(9-14)17(22)8-15-11(2)20-24-12(15)3/h7,14H,5-6,8-9H2,1-4H3. The summed E-state index contributed by atoms with van der Waals surface area (Å²) in [5.41, 5.74) is 2.54. The number of carbonyl (C=O) groups excluding carboxylic acids is 1. The van der Waals surface area contributed by atoms with E-state index < -0.39 is 0 Å². The van der Waals surface area contributed by atoms with E-state index in [9.17, 15) is 4.79 Å². The van der Waals surface area contributed by atoms with Crippen molar-refractivity contribution in [2.45, 2.75) is 46.6 Å². The van der Waals surface area contributed by atoms with Crippen molar-refractivity contribution < 1.29 is 14.1 Å². The Balaban J connectivity index is 1.59. The summed E-state index contributed by atoms with van der Waals surface area (Å²) in [5.74, 6) is 2.05. The number of likely N-dealkylation sites (tertiary alicyclic amines) is 1. The largest absolute Gasteiger partial charge is 0.472 e. The number of carbonyl (C=O) groups is 1. The third-order valence-corrected chi connectivity index (χ3v) is 4.24. The van der Waals surface area contributed by atoms with E-state index >= 15 is 0 Å². The van der Waals surface area contributed by atoms with Crippen molar-refractivity contribution in [3.8, 4) is 5.88 Å². The number of rotatable bonds is 4. The van der Waals surface area contributed by atoms with Gasteiger partial charge in [-0.2, -0.15) is 4.98 Å². The van der Waals surface area contributed by atoms with E-state index in [4.69, 9.17) is 9.26 Å². The van der Waals surface area contributed by atoms with E-state index in [-0.39, 0.29) is 12.0 Å². The van der Waals surface area contributed by atoms with E-state index in [1.807, 2.05) is 38.7 Å². The quantitative estimate of drug-likeness (QED) is 0.852. The van der Waals surface area contributed by atoms with Crippen LogP contribution in [0.5, 0.6) is 5.88 Å². The summed E-state index contributed by atoms with van der Waals surface area (Å²) in [5, 5.41) is 3.90. The fourth-order valence-electron chi connectivity index (χ4n) is 2.98. The Kier molecular flexibility index (Phi) is 4.51. The molecule has 0 radical (unpaired) electrons. The number of hydrogen-bond acceptors (Lipinski definition) is 6. The van der Waals surface area contributed by atoms with Gasteiger partial charge in [0.15, 0.2) is 0 Å². The van der Waals surface area contributed by atoms with Gasteiger partial charge in [0.05, 0.1) is 18.7 Å². The maximum absolute atomic E-state index is 12.5. The first kappa shape index (κ1) is 16.4. The molecule has 7 heteroatoms. The Morgan fingerprint density at radius 2 is 2.12 bits per heavy atom. The molecule has 1 aliphatic rings. The molecule has 2 aromatic heterocycles. The van der Waals surface area contributed by atoms with Gasteiger partial charge in [-0.1, -0.05) is 5.16 Å². The molecule has 0 spiro atoms. The van der Waals surface area contributed by atoms with Gasteiger partial charge in [0.25, 0.3) is 0 Å². The number of aryl methyl sites for hydroxylation is 4. The molecule has 0 N–H and O–H groups in total. The molecule has 2 aromatic rings. The fraction of sp³-hybridized carbons (Fsp3) is 0.529.